The van der Waals surface area contributed by atoms with Gasteiger partial charge in [-0.25, -0.2) is 4.98 Å². The molecule has 0 spiro atoms. The summed E-state index contributed by atoms with van der Waals surface area (Å²) in [5.74, 6) is -0.0268. The van der Waals surface area contributed by atoms with Crippen molar-refractivity contribution < 1.29 is 37.8 Å². The molecule has 1 unspecified atom stereocenters. The highest BCUT2D eigenvalue weighted by Crippen LogP contribution is 2.27. The van der Waals surface area contributed by atoms with E-state index in [4.69, 9.17) is 14.0 Å². The fraction of sp³-hybridized carbons (Fsp3) is 0.333. The topological polar surface area (TPSA) is 159 Å². The van der Waals surface area contributed by atoms with Crippen LogP contribution in [0.5, 0.6) is 5.88 Å². The molecule has 3 rings (SSSR count). The monoisotopic (exact) mass is 384 g/mol. The van der Waals surface area contributed by atoms with E-state index in [1.165, 1.54) is 6.07 Å². The Balaban J connectivity index is 1.84. The predicted molar refractivity (Wildman–Crippen MR) is 86.3 cm³/mol. The fourth-order valence-corrected chi connectivity index (χ4v) is 3.21. The summed E-state index contributed by atoms with van der Waals surface area (Å²) in [4.78, 5) is 8.11. The van der Waals surface area contributed by atoms with E-state index in [1.807, 2.05) is 0 Å². The highest BCUT2D eigenvalue weighted by Gasteiger charge is 2.50. The maximum absolute atomic E-state index is 11.3. The Morgan fingerprint density at radius 2 is 1.69 bits per heavy atom. The summed E-state index contributed by atoms with van der Waals surface area (Å²) in [5, 5.41) is 29.4. The summed E-state index contributed by atoms with van der Waals surface area (Å²) in [6, 6.07) is 8.17. The quantitative estimate of drug-likeness (QED) is 0.490. The summed E-state index contributed by atoms with van der Waals surface area (Å²) in [6.45, 7) is 0. The number of aliphatic hydroxyl groups excluding tert-OH is 3. The Morgan fingerprint density at radius 3 is 2.35 bits per heavy atom. The molecule has 1 saturated heterocycles. The minimum absolute atomic E-state index is 0.0268. The van der Waals surface area contributed by atoms with Crippen molar-refractivity contribution in [1.29, 1.82) is 0 Å². The van der Waals surface area contributed by atoms with Crippen molar-refractivity contribution in [2.24, 2.45) is 0 Å². The zero-order valence-corrected chi connectivity index (χ0v) is 14.0. The Labute approximate surface area is 148 Å². The third kappa shape index (κ3) is 3.82. The highest BCUT2D eigenvalue weighted by molar-refractivity contribution is 7.86. The lowest BCUT2D eigenvalue weighted by atomic mass is 10.1. The third-order valence-corrected chi connectivity index (χ3v) is 4.73. The summed E-state index contributed by atoms with van der Waals surface area (Å²) >= 11 is 0. The van der Waals surface area contributed by atoms with Crippen LogP contribution in [0.3, 0.4) is 0 Å². The molecule has 140 valence electrons. The van der Waals surface area contributed by atoms with Crippen molar-refractivity contribution >= 4 is 10.1 Å². The Hall–Kier alpha value is -2.15. The molecule has 26 heavy (non-hydrogen) atoms. The third-order valence-electron chi connectivity index (χ3n) is 3.76. The van der Waals surface area contributed by atoms with Gasteiger partial charge in [0.25, 0.3) is 10.1 Å². The molecule has 0 saturated carbocycles. The molecule has 10 nitrogen and oxygen atoms in total. The second-order valence-electron chi connectivity index (χ2n) is 5.57. The molecule has 0 bridgehead atoms. The van der Waals surface area contributed by atoms with Crippen LogP contribution < -0.4 is 4.74 Å². The standard InChI is InChI=1S/C15H16N2O8S/c18-11-12(19)14(25-15(13(11)20)26(21,22)23)24-10-3-1-2-9(17-10)8-4-6-16-7-5-8/h1-7,11-15,18-20H,(H,21,22,23)/t11-,12-,13+,14-,15?/m1/s1. The van der Waals surface area contributed by atoms with E-state index >= 15 is 0 Å². The Bertz CT molecular complexity index is 863. The first-order valence-electron chi connectivity index (χ1n) is 7.47. The number of hydrogen-bond donors (Lipinski definition) is 4. The zero-order chi connectivity index (χ0) is 18.9. The van der Waals surface area contributed by atoms with Crippen molar-refractivity contribution in [1.82, 2.24) is 9.97 Å². The van der Waals surface area contributed by atoms with Crippen molar-refractivity contribution in [2.45, 2.75) is 30.0 Å². The SMILES string of the molecule is O=S(=O)(O)C1O[C@@H](Oc2cccc(-c3ccncc3)n2)[C@H](O)[C@@H](O)[C@@H]1O. The van der Waals surface area contributed by atoms with Gasteiger partial charge < -0.3 is 24.8 Å². The number of nitrogens with zero attached hydrogens (tertiary/aromatic N) is 2. The van der Waals surface area contributed by atoms with E-state index in [0.717, 1.165) is 5.56 Å². The van der Waals surface area contributed by atoms with Gasteiger partial charge in [0, 0.05) is 24.0 Å². The average molecular weight is 384 g/mol. The van der Waals surface area contributed by atoms with Crippen molar-refractivity contribution in [2.75, 3.05) is 0 Å². The lowest BCUT2D eigenvalue weighted by Crippen LogP contribution is -2.61. The number of aromatic nitrogens is 2. The first kappa shape index (κ1) is 18.6. The lowest BCUT2D eigenvalue weighted by Gasteiger charge is -2.38. The van der Waals surface area contributed by atoms with Gasteiger partial charge in [-0.1, -0.05) is 6.07 Å². The molecule has 1 aliphatic heterocycles. The van der Waals surface area contributed by atoms with Crippen LogP contribution in [0.2, 0.25) is 0 Å². The van der Waals surface area contributed by atoms with Gasteiger partial charge >= 0.3 is 0 Å². The maximum Gasteiger partial charge on any atom is 0.295 e. The van der Waals surface area contributed by atoms with E-state index in [-0.39, 0.29) is 5.88 Å². The first-order valence-corrected chi connectivity index (χ1v) is 8.98. The summed E-state index contributed by atoms with van der Waals surface area (Å²) < 4.78 is 41.9. The number of ether oxygens (including phenoxy) is 2. The van der Waals surface area contributed by atoms with Crippen LogP contribution in [0.4, 0.5) is 0 Å². The molecule has 0 amide bonds. The van der Waals surface area contributed by atoms with Gasteiger partial charge in [0.05, 0.1) is 5.69 Å². The average Bonchev–Trinajstić information content (AvgIpc) is 2.62. The molecule has 3 heterocycles. The van der Waals surface area contributed by atoms with Crippen LogP contribution in [0.1, 0.15) is 0 Å². The number of rotatable bonds is 4. The molecular weight excluding hydrogens is 368 g/mol. The molecule has 2 aromatic heterocycles. The molecular formula is C15H16N2O8S. The van der Waals surface area contributed by atoms with Crippen molar-refractivity contribution in [3.05, 3.63) is 42.7 Å². The van der Waals surface area contributed by atoms with E-state index in [1.54, 1.807) is 36.7 Å². The molecule has 0 aliphatic carbocycles. The molecule has 2 aromatic rings. The lowest BCUT2D eigenvalue weighted by molar-refractivity contribution is -0.255. The molecule has 0 radical (unpaired) electrons. The van der Waals surface area contributed by atoms with Gasteiger partial charge in [-0.05, 0) is 18.2 Å². The second kappa shape index (κ2) is 7.23. The summed E-state index contributed by atoms with van der Waals surface area (Å²) in [5.41, 5.74) is -0.918. The molecule has 4 N–H and O–H groups in total. The summed E-state index contributed by atoms with van der Waals surface area (Å²) in [6.07, 6.45) is -4.25. The molecule has 1 aliphatic rings. The van der Waals surface area contributed by atoms with E-state index in [0.29, 0.717) is 5.69 Å². The number of aliphatic hydroxyl groups is 3. The minimum atomic E-state index is -4.86. The predicted octanol–water partition coefficient (Wildman–Crippen LogP) is -0.825. The van der Waals surface area contributed by atoms with Gasteiger partial charge in [-0.3, -0.25) is 9.54 Å². The zero-order valence-electron chi connectivity index (χ0n) is 13.2. The molecule has 11 heteroatoms. The van der Waals surface area contributed by atoms with Crippen molar-refractivity contribution in [3.8, 4) is 17.1 Å². The van der Waals surface area contributed by atoms with Crippen LogP contribution in [-0.4, -0.2) is 68.3 Å². The van der Waals surface area contributed by atoms with Crippen LogP contribution in [0.15, 0.2) is 42.7 Å². The van der Waals surface area contributed by atoms with E-state index in [2.05, 4.69) is 9.97 Å². The van der Waals surface area contributed by atoms with Crippen LogP contribution in [0.25, 0.3) is 11.3 Å². The Kier molecular flexibility index (Phi) is 5.18. The van der Waals surface area contributed by atoms with Gasteiger partial charge in [0.2, 0.25) is 17.6 Å². The highest BCUT2D eigenvalue weighted by atomic mass is 32.2. The van der Waals surface area contributed by atoms with E-state index in [9.17, 15) is 23.7 Å². The normalized spacial score (nSPS) is 29.3. The summed E-state index contributed by atoms with van der Waals surface area (Å²) in [7, 11) is -4.86. The Morgan fingerprint density at radius 1 is 1.00 bits per heavy atom. The number of pyridine rings is 2. The van der Waals surface area contributed by atoms with Gasteiger partial charge in [-0.2, -0.15) is 8.42 Å². The van der Waals surface area contributed by atoms with Crippen LogP contribution >= 0.6 is 0 Å². The number of hydrogen-bond acceptors (Lipinski definition) is 9. The molecule has 0 aromatic carbocycles. The van der Waals surface area contributed by atoms with E-state index < -0.39 is 40.2 Å². The largest absolute Gasteiger partial charge is 0.445 e. The van der Waals surface area contributed by atoms with Gasteiger partial charge in [0.15, 0.2) is 0 Å². The van der Waals surface area contributed by atoms with Crippen LogP contribution in [0, 0.1) is 0 Å². The maximum atomic E-state index is 11.3. The second-order valence-corrected chi connectivity index (χ2v) is 7.07. The fourth-order valence-electron chi connectivity index (χ4n) is 2.44. The minimum Gasteiger partial charge on any atom is -0.445 e. The molecule has 1 fully saturated rings. The molecule has 5 atom stereocenters. The smallest absolute Gasteiger partial charge is 0.295 e. The van der Waals surface area contributed by atoms with Crippen molar-refractivity contribution in [3.63, 3.8) is 0 Å². The van der Waals surface area contributed by atoms with Crippen LogP contribution in [-0.2, 0) is 14.9 Å². The first-order chi connectivity index (χ1) is 12.3. The van der Waals surface area contributed by atoms with Gasteiger partial charge in [0.1, 0.15) is 18.3 Å². The van der Waals surface area contributed by atoms with Gasteiger partial charge in [-0.15, -0.1) is 0 Å².